The fourth-order valence-corrected chi connectivity index (χ4v) is 3.77. The van der Waals surface area contributed by atoms with Crippen molar-refractivity contribution in [2.24, 2.45) is 0 Å². The zero-order valence-electron chi connectivity index (χ0n) is 15.6. The summed E-state index contributed by atoms with van der Waals surface area (Å²) >= 11 is 12.2. The van der Waals surface area contributed by atoms with Crippen LogP contribution in [0.3, 0.4) is 0 Å². The molecule has 0 saturated carbocycles. The molecule has 0 fully saturated rings. The van der Waals surface area contributed by atoms with Crippen LogP contribution in [-0.2, 0) is 11.2 Å². The lowest BCUT2D eigenvalue weighted by atomic mass is 10.1. The van der Waals surface area contributed by atoms with E-state index in [-0.39, 0.29) is 12.3 Å². The first-order chi connectivity index (χ1) is 13.5. The number of benzene rings is 2. The van der Waals surface area contributed by atoms with E-state index in [4.69, 9.17) is 27.9 Å². The van der Waals surface area contributed by atoms with Gasteiger partial charge < -0.3 is 9.64 Å². The standard InChI is InChI=1S/C21H19Cl2N3O2/c1-13-16(14(2)26(24-13)15-7-8-17(22)18(23)11-15)12-21(27)25-9-10-28-20-6-4-3-5-19(20)25/h3-8,11H,9-10,12H2,1-2H3. The number of fused-ring (bicyclic) bond motifs is 1. The number of amides is 1. The van der Waals surface area contributed by atoms with Gasteiger partial charge in [0.05, 0.1) is 40.1 Å². The molecular weight excluding hydrogens is 397 g/mol. The van der Waals surface area contributed by atoms with Gasteiger partial charge in [0.25, 0.3) is 0 Å². The maximum atomic E-state index is 13.1. The van der Waals surface area contributed by atoms with Crippen LogP contribution in [0.15, 0.2) is 42.5 Å². The molecule has 0 saturated heterocycles. The lowest BCUT2D eigenvalue weighted by Gasteiger charge is -2.29. The Balaban J connectivity index is 1.63. The molecule has 0 atom stereocenters. The summed E-state index contributed by atoms with van der Waals surface area (Å²) < 4.78 is 7.45. The van der Waals surface area contributed by atoms with E-state index in [1.165, 1.54) is 0 Å². The Morgan fingerprint density at radius 3 is 2.71 bits per heavy atom. The summed E-state index contributed by atoms with van der Waals surface area (Å²) in [6.45, 7) is 4.90. The molecule has 3 aromatic rings. The van der Waals surface area contributed by atoms with Crippen molar-refractivity contribution in [2.75, 3.05) is 18.1 Å². The van der Waals surface area contributed by atoms with Crippen molar-refractivity contribution in [3.8, 4) is 11.4 Å². The Labute approximate surface area is 173 Å². The van der Waals surface area contributed by atoms with Gasteiger partial charge in [-0.3, -0.25) is 4.79 Å². The number of nitrogens with zero attached hydrogens (tertiary/aromatic N) is 3. The second-order valence-corrected chi connectivity index (χ2v) is 7.51. The summed E-state index contributed by atoms with van der Waals surface area (Å²) in [7, 11) is 0. The molecule has 0 N–H and O–H groups in total. The number of aryl methyl sites for hydroxylation is 1. The SMILES string of the molecule is Cc1nn(-c2ccc(Cl)c(Cl)c2)c(C)c1CC(=O)N1CCOc2ccccc21. The summed E-state index contributed by atoms with van der Waals surface area (Å²) in [5.74, 6) is 0.762. The van der Waals surface area contributed by atoms with Crippen LogP contribution in [-0.4, -0.2) is 28.8 Å². The molecule has 1 aliphatic rings. The summed E-state index contributed by atoms with van der Waals surface area (Å²) in [6, 6.07) is 13.0. The summed E-state index contributed by atoms with van der Waals surface area (Å²) in [4.78, 5) is 14.9. The Morgan fingerprint density at radius 2 is 1.93 bits per heavy atom. The molecule has 4 rings (SSSR count). The largest absolute Gasteiger partial charge is 0.490 e. The quantitative estimate of drug-likeness (QED) is 0.619. The molecule has 0 bridgehead atoms. The topological polar surface area (TPSA) is 47.4 Å². The van der Waals surface area contributed by atoms with Gasteiger partial charge in [0.2, 0.25) is 5.91 Å². The Bertz CT molecular complexity index is 1060. The van der Waals surface area contributed by atoms with Crippen molar-refractivity contribution in [3.63, 3.8) is 0 Å². The van der Waals surface area contributed by atoms with Crippen LogP contribution in [0.5, 0.6) is 5.75 Å². The van der Waals surface area contributed by atoms with Crippen molar-refractivity contribution < 1.29 is 9.53 Å². The van der Waals surface area contributed by atoms with Gasteiger partial charge in [0, 0.05) is 11.3 Å². The molecule has 2 heterocycles. The minimum Gasteiger partial charge on any atom is -0.490 e. The number of hydrogen-bond donors (Lipinski definition) is 0. The molecule has 1 aliphatic heterocycles. The van der Waals surface area contributed by atoms with E-state index in [0.717, 1.165) is 34.1 Å². The van der Waals surface area contributed by atoms with Crippen LogP contribution in [0.1, 0.15) is 17.0 Å². The smallest absolute Gasteiger partial charge is 0.231 e. The molecule has 0 aliphatic carbocycles. The summed E-state index contributed by atoms with van der Waals surface area (Å²) in [6.07, 6.45) is 0.271. The van der Waals surface area contributed by atoms with Crippen molar-refractivity contribution in [1.29, 1.82) is 0 Å². The van der Waals surface area contributed by atoms with E-state index in [1.54, 1.807) is 21.7 Å². The number of hydrogen-bond acceptors (Lipinski definition) is 3. The summed E-state index contributed by atoms with van der Waals surface area (Å²) in [5.41, 5.74) is 4.26. The molecule has 28 heavy (non-hydrogen) atoms. The number of halogens is 2. The van der Waals surface area contributed by atoms with Gasteiger partial charge in [-0.2, -0.15) is 5.10 Å². The zero-order valence-corrected chi connectivity index (χ0v) is 17.1. The van der Waals surface area contributed by atoms with Gasteiger partial charge in [-0.1, -0.05) is 35.3 Å². The van der Waals surface area contributed by atoms with E-state index >= 15 is 0 Å². The van der Waals surface area contributed by atoms with Crippen molar-refractivity contribution >= 4 is 34.8 Å². The first kappa shape index (κ1) is 18.8. The van der Waals surface area contributed by atoms with Crippen molar-refractivity contribution in [2.45, 2.75) is 20.3 Å². The van der Waals surface area contributed by atoms with Gasteiger partial charge in [-0.05, 0) is 44.2 Å². The summed E-state index contributed by atoms with van der Waals surface area (Å²) in [5, 5.41) is 5.57. The number of ether oxygens (including phenoxy) is 1. The van der Waals surface area contributed by atoms with Gasteiger partial charge >= 0.3 is 0 Å². The highest BCUT2D eigenvalue weighted by Crippen LogP contribution is 2.32. The first-order valence-electron chi connectivity index (χ1n) is 8.98. The molecule has 2 aromatic carbocycles. The molecular formula is C21H19Cl2N3O2. The fraction of sp³-hybridized carbons (Fsp3) is 0.238. The minimum atomic E-state index is 0.0237. The highest BCUT2D eigenvalue weighted by molar-refractivity contribution is 6.42. The lowest BCUT2D eigenvalue weighted by Crippen LogP contribution is -2.39. The maximum absolute atomic E-state index is 13.1. The number of anilines is 1. The number of rotatable bonds is 3. The van der Waals surface area contributed by atoms with Crippen LogP contribution in [0.2, 0.25) is 10.0 Å². The van der Waals surface area contributed by atoms with Gasteiger partial charge in [-0.15, -0.1) is 0 Å². The number of para-hydroxylation sites is 2. The van der Waals surface area contributed by atoms with Crippen LogP contribution in [0, 0.1) is 13.8 Å². The molecule has 1 amide bonds. The monoisotopic (exact) mass is 415 g/mol. The van der Waals surface area contributed by atoms with E-state index < -0.39 is 0 Å². The average Bonchev–Trinajstić information content (AvgIpc) is 2.98. The molecule has 0 unspecified atom stereocenters. The molecule has 0 radical (unpaired) electrons. The molecule has 7 heteroatoms. The zero-order chi connectivity index (χ0) is 19.8. The Hall–Kier alpha value is -2.50. The second-order valence-electron chi connectivity index (χ2n) is 6.70. The lowest BCUT2D eigenvalue weighted by molar-refractivity contribution is -0.118. The number of carbonyl (C=O) groups excluding carboxylic acids is 1. The highest BCUT2D eigenvalue weighted by atomic mass is 35.5. The fourth-order valence-electron chi connectivity index (χ4n) is 3.47. The van der Waals surface area contributed by atoms with E-state index in [9.17, 15) is 4.79 Å². The number of carbonyl (C=O) groups is 1. The first-order valence-corrected chi connectivity index (χ1v) is 9.74. The van der Waals surface area contributed by atoms with Crippen LogP contribution < -0.4 is 9.64 Å². The molecule has 0 spiro atoms. The van der Waals surface area contributed by atoms with Crippen molar-refractivity contribution in [1.82, 2.24) is 9.78 Å². The third-order valence-corrected chi connectivity index (χ3v) is 5.69. The number of aromatic nitrogens is 2. The normalized spacial score (nSPS) is 13.2. The van der Waals surface area contributed by atoms with Crippen LogP contribution in [0.25, 0.3) is 5.69 Å². The maximum Gasteiger partial charge on any atom is 0.231 e. The molecule has 1 aromatic heterocycles. The highest BCUT2D eigenvalue weighted by Gasteiger charge is 2.25. The van der Waals surface area contributed by atoms with Crippen LogP contribution in [0.4, 0.5) is 5.69 Å². The Kier molecular flexibility index (Phi) is 5.04. The van der Waals surface area contributed by atoms with Gasteiger partial charge in [-0.25, -0.2) is 4.68 Å². The minimum absolute atomic E-state index is 0.0237. The van der Waals surface area contributed by atoms with E-state index in [2.05, 4.69) is 5.10 Å². The third kappa shape index (κ3) is 3.36. The Morgan fingerprint density at radius 1 is 1.14 bits per heavy atom. The van der Waals surface area contributed by atoms with E-state index in [0.29, 0.717) is 23.2 Å². The predicted octanol–water partition coefficient (Wildman–Crippen LogP) is 4.76. The van der Waals surface area contributed by atoms with E-state index in [1.807, 2.05) is 44.2 Å². The van der Waals surface area contributed by atoms with Gasteiger partial charge in [0.15, 0.2) is 0 Å². The van der Waals surface area contributed by atoms with Crippen molar-refractivity contribution in [3.05, 3.63) is 69.5 Å². The molecule has 144 valence electrons. The predicted molar refractivity (Wildman–Crippen MR) is 111 cm³/mol. The third-order valence-electron chi connectivity index (χ3n) is 4.95. The second kappa shape index (κ2) is 7.49. The van der Waals surface area contributed by atoms with Crippen LogP contribution >= 0.6 is 23.2 Å². The van der Waals surface area contributed by atoms with Gasteiger partial charge in [0.1, 0.15) is 12.4 Å². The molecule has 5 nitrogen and oxygen atoms in total. The average molecular weight is 416 g/mol.